The molecular weight excluding hydrogens is 401 g/mol. The number of hydrogen-bond donors (Lipinski definition) is 2. The van der Waals surface area contributed by atoms with Crippen LogP contribution in [0.3, 0.4) is 0 Å². The van der Waals surface area contributed by atoms with Crippen LogP contribution >= 0.6 is 24.0 Å². The third-order valence-corrected chi connectivity index (χ3v) is 3.46. The number of aliphatic imine (C=N–C) groups is 1. The molecule has 2 aromatic rings. The molecule has 1 heterocycles. The molecular formula is C17H26IN5. The highest BCUT2D eigenvalue weighted by molar-refractivity contribution is 14.0. The number of benzene rings is 1. The fraction of sp³-hybridized carbons (Fsp3) is 0.412. The van der Waals surface area contributed by atoms with Gasteiger partial charge in [0.1, 0.15) is 0 Å². The molecule has 0 saturated carbocycles. The Morgan fingerprint density at radius 2 is 2.04 bits per heavy atom. The summed E-state index contributed by atoms with van der Waals surface area (Å²) >= 11 is 0. The van der Waals surface area contributed by atoms with Crippen LogP contribution in [-0.4, -0.2) is 28.8 Å². The van der Waals surface area contributed by atoms with Crippen molar-refractivity contribution in [3.8, 4) is 5.69 Å². The summed E-state index contributed by atoms with van der Waals surface area (Å²) in [7, 11) is 0. The van der Waals surface area contributed by atoms with Gasteiger partial charge in [0.25, 0.3) is 0 Å². The van der Waals surface area contributed by atoms with Gasteiger partial charge in [0, 0.05) is 19.3 Å². The molecule has 1 aromatic carbocycles. The van der Waals surface area contributed by atoms with Crippen LogP contribution in [0.25, 0.3) is 5.69 Å². The zero-order valence-corrected chi connectivity index (χ0v) is 16.2. The zero-order chi connectivity index (χ0) is 15.8. The SMILES string of the molecule is CCCN=C(N)NCCCc1cn(-c2ccccc2)nc1C.I. The highest BCUT2D eigenvalue weighted by Crippen LogP contribution is 2.13. The van der Waals surface area contributed by atoms with Gasteiger partial charge in [0.05, 0.1) is 11.4 Å². The molecule has 3 N–H and O–H groups in total. The Balaban J connectivity index is 0.00000264. The molecule has 6 heteroatoms. The van der Waals surface area contributed by atoms with Crippen molar-refractivity contribution in [1.29, 1.82) is 0 Å². The molecule has 23 heavy (non-hydrogen) atoms. The maximum atomic E-state index is 5.77. The summed E-state index contributed by atoms with van der Waals surface area (Å²) in [4.78, 5) is 4.22. The van der Waals surface area contributed by atoms with Crippen LogP contribution in [0, 0.1) is 6.92 Å². The lowest BCUT2D eigenvalue weighted by Gasteiger charge is -2.04. The van der Waals surface area contributed by atoms with E-state index in [9.17, 15) is 0 Å². The summed E-state index contributed by atoms with van der Waals surface area (Å²) in [6.07, 6.45) is 5.11. The van der Waals surface area contributed by atoms with Crippen LogP contribution in [0.5, 0.6) is 0 Å². The molecule has 0 amide bonds. The van der Waals surface area contributed by atoms with E-state index >= 15 is 0 Å². The fourth-order valence-corrected chi connectivity index (χ4v) is 2.24. The second-order valence-corrected chi connectivity index (χ2v) is 5.32. The van der Waals surface area contributed by atoms with E-state index in [0.717, 1.165) is 43.7 Å². The number of hydrogen-bond acceptors (Lipinski definition) is 2. The lowest BCUT2D eigenvalue weighted by Crippen LogP contribution is -2.32. The predicted octanol–water partition coefficient (Wildman–Crippen LogP) is 3.05. The van der Waals surface area contributed by atoms with Gasteiger partial charge in [-0.3, -0.25) is 4.99 Å². The molecule has 0 saturated heterocycles. The van der Waals surface area contributed by atoms with Crippen molar-refractivity contribution in [2.45, 2.75) is 33.1 Å². The minimum Gasteiger partial charge on any atom is -0.370 e. The van der Waals surface area contributed by atoms with Crippen LogP contribution in [-0.2, 0) is 6.42 Å². The Morgan fingerprint density at radius 1 is 1.30 bits per heavy atom. The molecule has 126 valence electrons. The smallest absolute Gasteiger partial charge is 0.188 e. The molecule has 0 aliphatic rings. The monoisotopic (exact) mass is 427 g/mol. The summed E-state index contributed by atoms with van der Waals surface area (Å²) in [6.45, 7) is 5.75. The van der Waals surface area contributed by atoms with Gasteiger partial charge >= 0.3 is 0 Å². The van der Waals surface area contributed by atoms with Crippen molar-refractivity contribution in [2.24, 2.45) is 10.7 Å². The van der Waals surface area contributed by atoms with Crippen LogP contribution in [0.4, 0.5) is 0 Å². The number of para-hydroxylation sites is 1. The van der Waals surface area contributed by atoms with E-state index in [0.29, 0.717) is 5.96 Å². The average Bonchev–Trinajstić information content (AvgIpc) is 2.91. The number of halogens is 1. The zero-order valence-electron chi connectivity index (χ0n) is 13.8. The van der Waals surface area contributed by atoms with Crippen molar-refractivity contribution in [3.05, 3.63) is 47.8 Å². The Morgan fingerprint density at radius 3 is 2.74 bits per heavy atom. The number of aromatic nitrogens is 2. The standard InChI is InChI=1S/C17H25N5.HI/c1-3-11-19-17(18)20-12-7-8-15-13-22(21-14(15)2)16-9-5-4-6-10-16;/h4-6,9-10,13H,3,7-8,11-12H2,1-2H3,(H3,18,19,20);1H. The molecule has 0 aliphatic heterocycles. The van der Waals surface area contributed by atoms with Crippen molar-refractivity contribution in [1.82, 2.24) is 15.1 Å². The summed E-state index contributed by atoms with van der Waals surface area (Å²) in [5.74, 6) is 0.540. The maximum Gasteiger partial charge on any atom is 0.188 e. The van der Waals surface area contributed by atoms with Crippen LogP contribution in [0.15, 0.2) is 41.5 Å². The molecule has 5 nitrogen and oxygen atoms in total. The molecule has 0 fully saturated rings. The number of aryl methyl sites for hydroxylation is 2. The molecule has 0 atom stereocenters. The number of nitrogens with two attached hydrogens (primary N) is 1. The molecule has 0 radical (unpaired) electrons. The third-order valence-electron chi connectivity index (χ3n) is 3.46. The number of nitrogens with one attached hydrogen (secondary N) is 1. The van der Waals surface area contributed by atoms with E-state index < -0.39 is 0 Å². The van der Waals surface area contributed by atoms with E-state index in [2.05, 4.69) is 47.6 Å². The van der Waals surface area contributed by atoms with E-state index in [1.165, 1.54) is 5.56 Å². The van der Waals surface area contributed by atoms with Crippen molar-refractivity contribution >= 4 is 29.9 Å². The van der Waals surface area contributed by atoms with E-state index in [4.69, 9.17) is 5.73 Å². The van der Waals surface area contributed by atoms with Gasteiger partial charge in [-0.1, -0.05) is 25.1 Å². The van der Waals surface area contributed by atoms with Gasteiger partial charge in [0.15, 0.2) is 5.96 Å². The molecule has 0 bridgehead atoms. The fourth-order valence-electron chi connectivity index (χ4n) is 2.24. The second kappa shape index (κ2) is 10.3. The van der Waals surface area contributed by atoms with E-state index in [1.807, 2.05) is 22.9 Å². The summed E-state index contributed by atoms with van der Waals surface area (Å²) in [6, 6.07) is 10.2. The van der Waals surface area contributed by atoms with Crippen LogP contribution in [0.1, 0.15) is 31.0 Å². The number of rotatable bonds is 7. The highest BCUT2D eigenvalue weighted by atomic mass is 127. The Hall–Kier alpha value is -1.57. The van der Waals surface area contributed by atoms with Gasteiger partial charge in [-0.2, -0.15) is 5.10 Å². The summed E-state index contributed by atoms with van der Waals surface area (Å²) < 4.78 is 1.94. The normalized spacial score (nSPS) is 11.1. The van der Waals surface area contributed by atoms with Gasteiger partial charge in [0.2, 0.25) is 0 Å². The van der Waals surface area contributed by atoms with E-state index in [-0.39, 0.29) is 24.0 Å². The minimum absolute atomic E-state index is 0. The highest BCUT2D eigenvalue weighted by Gasteiger charge is 2.06. The maximum absolute atomic E-state index is 5.77. The summed E-state index contributed by atoms with van der Waals surface area (Å²) in [5, 5.41) is 7.73. The largest absolute Gasteiger partial charge is 0.370 e. The number of guanidine groups is 1. The average molecular weight is 427 g/mol. The van der Waals surface area contributed by atoms with Crippen LogP contribution < -0.4 is 11.1 Å². The molecule has 0 spiro atoms. The molecule has 0 aliphatic carbocycles. The minimum atomic E-state index is 0. The van der Waals surface area contributed by atoms with Crippen LogP contribution in [0.2, 0.25) is 0 Å². The van der Waals surface area contributed by atoms with Crippen molar-refractivity contribution in [2.75, 3.05) is 13.1 Å². The third kappa shape index (κ3) is 6.21. The second-order valence-electron chi connectivity index (χ2n) is 5.32. The first-order chi connectivity index (χ1) is 10.7. The topological polar surface area (TPSA) is 68.2 Å². The quantitative estimate of drug-likeness (QED) is 0.309. The lowest BCUT2D eigenvalue weighted by atomic mass is 10.1. The lowest BCUT2D eigenvalue weighted by molar-refractivity contribution is 0.761. The van der Waals surface area contributed by atoms with Crippen molar-refractivity contribution < 1.29 is 0 Å². The first kappa shape index (κ1) is 19.5. The Labute approximate surface area is 155 Å². The van der Waals surface area contributed by atoms with Gasteiger partial charge < -0.3 is 11.1 Å². The Bertz CT molecular complexity index is 607. The predicted molar refractivity (Wildman–Crippen MR) is 107 cm³/mol. The van der Waals surface area contributed by atoms with Gasteiger partial charge in [-0.25, -0.2) is 4.68 Å². The molecule has 2 rings (SSSR count). The first-order valence-electron chi connectivity index (χ1n) is 7.85. The first-order valence-corrected chi connectivity index (χ1v) is 7.85. The Kier molecular flexibility index (Phi) is 8.68. The molecule has 1 aromatic heterocycles. The van der Waals surface area contributed by atoms with Crippen molar-refractivity contribution in [3.63, 3.8) is 0 Å². The van der Waals surface area contributed by atoms with Gasteiger partial charge in [-0.15, -0.1) is 24.0 Å². The molecule has 0 unspecified atom stereocenters. The summed E-state index contributed by atoms with van der Waals surface area (Å²) in [5.41, 5.74) is 9.21. The van der Waals surface area contributed by atoms with E-state index in [1.54, 1.807) is 0 Å². The number of nitrogens with zero attached hydrogens (tertiary/aromatic N) is 3. The van der Waals surface area contributed by atoms with Gasteiger partial charge in [-0.05, 0) is 43.9 Å².